The minimum Gasteiger partial charge on any atom is -0.748 e. The van der Waals surface area contributed by atoms with Gasteiger partial charge in [0.2, 0.25) is 0 Å². The number of alkyl halides is 3. The van der Waals surface area contributed by atoms with Crippen LogP contribution in [0.15, 0.2) is 42.2 Å². The maximum Gasteiger partial charge on any atom is 0.418 e. The summed E-state index contributed by atoms with van der Waals surface area (Å²) >= 11 is 12.5. The first-order chi connectivity index (χ1) is 21.4. The fourth-order valence-electron chi connectivity index (χ4n) is 5.59. The van der Waals surface area contributed by atoms with Crippen LogP contribution in [0.2, 0.25) is 10.0 Å². The van der Waals surface area contributed by atoms with E-state index >= 15 is 0 Å². The van der Waals surface area contributed by atoms with Gasteiger partial charge in [-0.25, -0.2) is 26.0 Å². The van der Waals surface area contributed by atoms with E-state index in [9.17, 15) is 39.1 Å². The normalized spacial score (nSPS) is 15.2. The Kier molecular flexibility index (Phi) is 10.8. The van der Waals surface area contributed by atoms with Crippen LogP contribution in [0.1, 0.15) is 43.6 Å². The average molecular weight is 725 g/mol. The lowest BCUT2D eigenvalue weighted by molar-refractivity contribution is -0.673. The molecule has 0 aliphatic carbocycles. The minimum absolute atomic E-state index is 0.0561. The molecule has 4 rings (SSSR count). The van der Waals surface area contributed by atoms with E-state index in [4.69, 9.17) is 23.2 Å². The lowest BCUT2D eigenvalue weighted by Crippen LogP contribution is -2.37. The fourth-order valence-corrected chi connectivity index (χ4v) is 6.98. The van der Waals surface area contributed by atoms with Gasteiger partial charge in [0.1, 0.15) is 5.82 Å². The van der Waals surface area contributed by atoms with E-state index in [1.165, 1.54) is 10.6 Å². The first-order valence-corrected chi connectivity index (χ1v) is 18.2. The van der Waals surface area contributed by atoms with E-state index < -0.39 is 48.5 Å². The molecule has 1 aromatic heterocycles. The molecular weight excluding hydrogens is 692 g/mol. The van der Waals surface area contributed by atoms with Gasteiger partial charge in [0, 0.05) is 47.8 Å². The number of anilines is 2. The molecule has 0 atom stereocenters. The predicted octanol–water partition coefficient (Wildman–Crippen LogP) is 5.65. The van der Waals surface area contributed by atoms with Crippen LogP contribution < -0.4 is 14.4 Å². The number of imidazole rings is 1. The van der Waals surface area contributed by atoms with E-state index in [0.717, 1.165) is 23.0 Å². The standard InChI is InChI=1S/C29H33Cl2F3N4O6S2/c1-4-35-25-17-21(30)19(3)15-23(25)37(11-7-13-45(39,40)41)27(35)9-6-10-28-36(5-2)26-18-22(31)20(29(32,33)34)16-24(26)38(28)12-8-14-46(42,43)44/h6,9-10,15-18H,4-5,7-8,11-14H2,1-3H3,(H-,39,40,41,42,43,44)/p-1. The van der Waals surface area contributed by atoms with Gasteiger partial charge in [-0.05, 0) is 57.4 Å². The topological polar surface area (TPSA) is 130 Å². The summed E-state index contributed by atoms with van der Waals surface area (Å²) < 4.78 is 113. The highest BCUT2D eigenvalue weighted by Gasteiger charge is 2.36. The van der Waals surface area contributed by atoms with Crippen molar-refractivity contribution in [2.45, 2.75) is 52.9 Å². The van der Waals surface area contributed by atoms with Crippen molar-refractivity contribution in [3.8, 4) is 0 Å². The molecule has 252 valence electrons. The van der Waals surface area contributed by atoms with E-state index in [0.29, 0.717) is 35.3 Å². The van der Waals surface area contributed by atoms with Crippen LogP contribution in [0, 0.1) is 6.92 Å². The third-order valence-electron chi connectivity index (χ3n) is 7.57. The van der Waals surface area contributed by atoms with Crippen molar-refractivity contribution >= 4 is 71.9 Å². The molecule has 2 aromatic carbocycles. The maximum absolute atomic E-state index is 13.8. The molecule has 1 aliphatic rings. The second kappa shape index (κ2) is 13.7. The molecule has 0 unspecified atom stereocenters. The average Bonchev–Trinajstić information content (AvgIpc) is 3.36. The Morgan fingerprint density at radius 1 is 0.891 bits per heavy atom. The molecule has 0 radical (unpaired) electrons. The zero-order chi connectivity index (χ0) is 34.2. The number of benzene rings is 2. The Morgan fingerprint density at radius 2 is 1.52 bits per heavy atom. The molecule has 3 aromatic rings. The minimum atomic E-state index is -4.74. The predicted molar refractivity (Wildman–Crippen MR) is 170 cm³/mol. The number of hydrogen-bond acceptors (Lipinski definition) is 8. The van der Waals surface area contributed by atoms with Crippen LogP contribution in [0.3, 0.4) is 0 Å². The smallest absolute Gasteiger partial charge is 0.418 e. The summed E-state index contributed by atoms with van der Waals surface area (Å²) in [6.45, 7) is 6.48. The molecule has 10 nitrogen and oxygen atoms in total. The first-order valence-electron chi connectivity index (χ1n) is 14.3. The molecule has 0 bridgehead atoms. The van der Waals surface area contributed by atoms with E-state index in [-0.39, 0.29) is 31.4 Å². The number of aryl methyl sites for hydroxylation is 3. The quantitative estimate of drug-likeness (QED) is 0.173. The number of allylic oxidation sites excluding steroid dienone is 2. The summed E-state index contributed by atoms with van der Waals surface area (Å²) in [7, 11) is -9.01. The highest BCUT2D eigenvalue weighted by molar-refractivity contribution is 7.85. The monoisotopic (exact) mass is 723 g/mol. The summed E-state index contributed by atoms with van der Waals surface area (Å²) in [6.07, 6.45) is 0.243. The van der Waals surface area contributed by atoms with Gasteiger partial charge in [0.15, 0.2) is 11.0 Å². The Bertz CT molecular complexity index is 1930. The lowest BCUT2D eigenvalue weighted by Gasteiger charge is -2.24. The van der Waals surface area contributed by atoms with Gasteiger partial charge in [0.25, 0.3) is 5.82 Å². The van der Waals surface area contributed by atoms with E-state index in [1.54, 1.807) is 35.8 Å². The molecule has 0 saturated heterocycles. The summed E-state index contributed by atoms with van der Waals surface area (Å²) in [5, 5.41) is 0.0349. The van der Waals surface area contributed by atoms with Crippen LogP contribution in [0.4, 0.5) is 24.5 Å². The van der Waals surface area contributed by atoms with Crippen molar-refractivity contribution in [2.75, 3.05) is 34.4 Å². The van der Waals surface area contributed by atoms with Gasteiger partial charge in [-0.3, -0.25) is 0 Å². The molecule has 0 amide bonds. The molecule has 1 aliphatic heterocycles. The second-order valence-corrected chi connectivity index (χ2v) is 14.5. The summed E-state index contributed by atoms with van der Waals surface area (Å²) in [5.41, 5.74) is 1.81. The fraction of sp³-hybridized carbons (Fsp3) is 0.414. The molecule has 0 fully saturated rings. The SMILES string of the molecule is CCN1/C(=C\C=C\c2n(CC)c3cc(Cl)c(C(F)(F)F)cc3[n+]2CCCS(=O)(=O)[O-])N(CCCS(=O)(=O)[O-])c2cc(C)c(Cl)cc21. The summed E-state index contributed by atoms with van der Waals surface area (Å²) in [6, 6.07) is 5.79. The number of aromatic nitrogens is 2. The van der Waals surface area contributed by atoms with Crippen LogP contribution in [-0.4, -0.2) is 55.1 Å². The molecule has 0 spiro atoms. The van der Waals surface area contributed by atoms with E-state index in [2.05, 4.69) is 0 Å². The molecular formula is C29H32Cl2F3N4O6S2-. The number of hydrogen-bond donors (Lipinski definition) is 0. The van der Waals surface area contributed by atoms with Crippen molar-refractivity contribution in [3.05, 3.63) is 69.2 Å². The third kappa shape index (κ3) is 8.00. The van der Waals surface area contributed by atoms with Gasteiger partial charge >= 0.3 is 6.18 Å². The molecule has 46 heavy (non-hydrogen) atoms. The number of rotatable bonds is 12. The van der Waals surface area contributed by atoms with Gasteiger partial charge < -0.3 is 18.9 Å². The Labute approximate surface area is 275 Å². The van der Waals surface area contributed by atoms with Crippen molar-refractivity contribution in [3.63, 3.8) is 0 Å². The van der Waals surface area contributed by atoms with Crippen LogP contribution in [-0.2, 0) is 39.5 Å². The molecule has 0 N–H and O–H groups in total. The van der Waals surface area contributed by atoms with Gasteiger partial charge in [-0.1, -0.05) is 29.3 Å². The Hall–Kier alpha value is -2.82. The second-order valence-electron chi connectivity index (χ2n) is 10.7. The van der Waals surface area contributed by atoms with Gasteiger partial charge in [0.05, 0.1) is 55.3 Å². The maximum atomic E-state index is 13.8. The Morgan fingerprint density at radius 3 is 2.11 bits per heavy atom. The highest BCUT2D eigenvalue weighted by Crippen LogP contribution is 2.44. The highest BCUT2D eigenvalue weighted by atomic mass is 35.5. The van der Waals surface area contributed by atoms with Crippen LogP contribution >= 0.6 is 23.2 Å². The molecule has 0 saturated carbocycles. The Balaban J connectivity index is 1.85. The zero-order valence-corrected chi connectivity index (χ0v) is 28.3. The van der Waals surface area contributed by atoms with Crippen LogP contribution in [0.25, 0.3) is 17.1 Å². The molecule has 17 heteroatoms. The van der Waals surface area contributed by atoms with Gasteiger partial charge in [-0.15, -0.1) is 0 Å². The van der Waals surface area contributed by atoms with Crippen LogP contribution in [0.5, 0.6) is 0 Å². The number of halogens is 5. The van der Waals surface area contributed by atoms with Crippen molar-refractivity contribution in [1.29, 1.82) is 0 Å². The number of fused-ring (bicyclic) bond motifs is 2. The van der Waals surface area contributed by atoms with E-state index in [1.807, 2.05) is 29.7 Å². The first kappa shape index (κ1) is 36.0. The summed E-state index contributed by atoms with van der Waals surface area (Å²) in [5.74, 6) is -0.191. The lowest BCUT2D eigenvalue weighted by atomic mass is 10.2. The summed E-state index contributed by atoms with van der Waals surface area (Å²) in [4.78, 5) is 3.82. The van der Waals surface area contributed by atoms with Crippen molar-refractivity contribution < 1.29 is 43.7 Å². The van der Waals surface area contributed by atoms with Gasteiger partial charge in [-0.2, -0.15) is 13.2 Å². The largest absolute Gasteiger partial charge is 0.748 e. The third-order valence-corrected chi connectivity index (χ3v) is 9.87. The van der Waals surface area contributed by atoms with Crippen molar-refractivity contribution in [2.24, 2.45) is 0 Å². The zero-order valence-electron chi connectivity index (χ0n) is 25.1. The van der Waals surface area contributed by atoms with Crippen molar-refractivity contribution in [1.82, 2.24) is 4.57 Å². The number of nitrogens with zero attached hydrogens (tertiary/aromatic N) is 4. The molecule has 2 heterocycles.